The largest absolute Gasteiger partial charge is 0.394 e. The minimum absolute atomic E-state index is 0.125. The molecule has 2 N–H and O–H groups in total. The second-order valence-corrected chi connectivity index (χ2v) is 1.60. The number of carbonyl (C=O) groups excluding carboxylic acids is 1. The van der Waals surface area contributed by atoms with Crippen molar-refractivity contribution in [1.29, 1.82) is 0 Å². The van der Waals surface area contributed by atoms with E-state index in [0.29, 0.717) is 0 Å². The van der Waals surface area contributed by atoms with Crippen LogP contribution in [0, 0.1) is 0 Å². The Bertz CT molecular complexity index is 49.2. The molecule has 0 aliphatic rings. The number of aliphatic hydroxyl groups is 2. The molecule has 8 heavy (non-hydrogen) atoms. The van der Waals surface area contributed by atoms with Gasteiger partial charge in [0.25, 0.3) is 0 Å². The topological polar surface area (TPSA) is 57.5 Å². The Balaban J connectivity index is 0. The van der Waals surface area contributed by atoms with E-state index in [0.717, 1.165) is 0 Å². The second kappa shape index (κ2) is 10.0. The number of hydrogen-bond acceptors (Lipinski definition) is 3. The van der Waals surface area contributed by atoms with Crippen LogP contribution in [0.15, 0.2) is 0 Å². The van der Waals surface area contributed by atoms with E-state index in [9.17, 15) is 4.79 Å². The average molecular weight is 138 g/mol. The van der Waals surface area contributed by atoms with E-state index in [1.807, 2.05) is 0 Å². The van der Waals surface area contributed by atoms with Crippen molar-refractivity contribution >= 4 is 17.7 Å². The molecule has 0 saturated carbocycles. The highest BCUT2D eigenvalue weighted by Crippen LogP contribution is 1.66. The Morgan fingerprint density at radius 1 is 1.50 bits per heavy atom. The average Bonchev–Trinajstić information content (AvgIpc) is 1.65. The zero-order valence-corrected chi connectivity index (χ0v) is 5.56. The van der Waals surface area contributed by atoms with Crippen LogP contribution in [0.1, 0.15) is 6.92 Å². The molecule has 0 bridgehead atoms. The van der Waals surface area contributed by atoms with Crippen molar-refractivity contribution in [2.75, 3.05) is 13.2 Å². The minimum atomic E-state index is -0.139. The van der Waals surface area contributed by atoms with Gasteiger partial charge in [0, 0.05) is 6.92 Å². The van der Waals surface area contributed by atoms with Gasteiger partial charge in [-0.1, -0.05) is 0 Å². The molecule has 0 amide bonds. The summed E-state index contributed by atoms with van der Waals surface area (Å²) in [6.07, 6.45) is 0. The molecule has 0 saturated heterocycles. The SMILES string of the molecule is CC(=O)S.OCCO. The molecular formula is C4H10O3S. The number of rotatable bonds is 1. The molecule has 3 nitrogen and oxygen atoms in total. The fourth-order valence-corrected chi connectivity index (χ4v) is 0. The summed E-state index contributed by atoms with van der Waals surface area (Å²) in [7, 11) is 0. The van der Waals surface area contributed by atoms with Crippen LogP contribution in [0.25, 0.3) is 0 Å². The van der Waals surface area contributed by atoms with E-state index in [-0.39, 0.29) is 18.3 Å². The van der Waals surface area contributed by atoms with Gasteiger partial charge in [0.05, 0.1) is 13.2 Å². The fraction of sp³-hybridized carbons (Fsp3) is 0.750. The first-order valence-corrected chi connectivity index (χ1v) is 2.51. The van der Waals surface area contributed by atoms with Gasteiger partial charge in [-0.2, -0.15) is 0 Å². The van der Waals surface area contributed by atoms with Crippen molar-refractivity contribution in [3.63, 3.8) is 0 Å². The van der Waals surface area contributed by atoms with Crippen molar-refractivity contribution < 1.29 is 15.0 Å². The normalized spacial score (nSPS) is 7.00. The summed E-state index contributed by atoms with van der Waals surface area (Å²) < 4.78 is 0. The van der Waals surface area contributed by atoms with Crippen molar-refractivity contribution in [2.24, 2.45) is 0 Å². The first-order chi connectivity index (χ1) is 3.65. The molecule has 0 aromatic rings. The monoisotopic (exact) mass is 138 g/mol. The Labute approximate surface area is 53.7 Å². The molecule has 0 aliphatic carbocycles. The molecule has 0 fully saturated rings. The van der Waals surface area contributed by atoms with Gasteiger partial charge >= 0.3 is 0 Å². The molecule has 0 aromatic carbocycles. The summed E-state index contributed by atoms with van der Waals surface area (Å²) in [5, 5.41) is 15.1. The summed E-state index contributed by atoms with van der Waals surface area (Å²) >= 11 is 3.33. The maximum atomic E-state index is 9.31. The van der Waals surface area contributed by atoms with Gasteiger partial charge in [0.1, 0.15) is 0 Å². The Kier molecular flexibility index (Phi) is 13.6. The number of carbonyl (C=O) groups is 1. The molecule has 0 spiro atoms. The quantitative estimate of drug-likeness (QED) is 0.425. The lowest BCUT2D eigenvalue weighted by molar-refractivity contribution is -0.108. The fourth-order valence-electron chi connectivity index (χ4n) is 0. The molecule has 0 radical (unpaired) electrons. The van der Waals surface area contributed by atoms with Crippen LogP contribution in [0.3, 0.4) is 0 Å². The van der Waals surface area contributed by atoms with Gasteiger partial charge in [0.2, 0.25) is 0 Å². The third-order valence-electron chi connectivity index (χ3n) is 0.1000. The molecule has 50 valence electrons. The highest BCUT2D eigenvalue weighted by Gasteiger charge is 1.63. The standard InChI is InChI=1S/C2H6O2.C2H4OS/c3-1-2-4;1-2(3)4/h3-4H,1-2H2;1H3,(H,3,4). The maximum absolute atomic E-state index is 9.31. The van der Waals surface area contributed by atoms with Crippen molar-refractivity contribution in [2.45, 2.75) is 6.92 Å². The van der Waals surface area contributed by atoms with Gasteiger partial charge in [-0.05, 0) is 0 Å². The van der Waals surface area contributed by atoms with E-state index in [1.165, 1.54) is 6.92 Å². The summed E-state index contributed by atoms with van der Waals surface area (Å²) in [5.74, 6) is 0. The van der Waals surface area contributed by atoms with Gasteiger partial charge in [-0.3, -0.25) is 4.79 Å². The van der Waals surface area contributed by atoms with Gasteiger partial charge in [0.15, 0.2) is 5.12 Å². The third kappa shape index (κ3) is 164. The molecule has 4 heteroatoms. The van der Waals surface area contributed by atoms with E-state index in [1.54, 1.807) is 0 Å². The van der Waals surface area contributed by atoms with Crippen molar-refractivity contribution in [3.05, 3.63) is 0 Å². The molecule has 0 unspecified atom stereocenters. The molecular weight excluding hydrogens is 128 g/mol. The Morgan fingerprint density at radius 3 is 1.62 bits per heavy atom. The number of hydrogen-bond donors (Lipinski definition) is 3. The molecule has 0 atom stereocenters. The predicted octanol–water partition coefficient (Wildman–Crippen LogP) is -0.566. The van der Waals surface area contributed by atoms with E-state index in [4.69, 9.17) is 10.2 Å². The van der Waals surface area contributed by atoms with Crippen LogP contribution in [-0.4, -0.2) is 28.5 Å². The van der Waals surface area contributed by atoms with Gasteiger partial charge in [-0.15, -0.1) is 12.6 Å². The smallest absolute Gasteiger partial charge is 0.182 e. The van der Waals surface area contributed by atoms with Crippen LogP contribution < -0.4 is 0 Å². The second-order valence-electron chi connectivity index (χ2n) is 0.966. The minimum Gasteiger partial charge on any atom is -0.394 e. The Hall–Kier alpha value is -0.0600. The lowest BCUT2D eigenvalue weighted by Crippen LogP contribution is -1.85. The van der Waals surface area contributed by atoms with Gasteiger partial charge < -0.3 is 10.2 Å². The molecule has 0 rings (SSSR count). The molecule has 0 aromatic heterocycles. The van der Waals surface area contributed by atoms with E-state index < -0.39 is 0 Å². The first-order valence-electron chi connectivity index (χ1n) is 2.06. The molecule has 0 heterocycles. The molecule has 0 aliphatic heterocycles. The number of aliphatic hydroxyl groups excluding tert-OH is 2. The van der Waals surface area contributed by atoms with Crippen LogP contribution in [0.5, 0.6) is 0 Å². The highest BCUT2D eigenvalue weighted by molar-refractivity contribution is 7.96. The van der Waals surface area contributed by atoms with Crippen molar-refractivity contribution in [3.8, 4) is 0 Å². The van der Waals surface area contributed by atoms with Crippen molar-refractivity contribution in [1.82, 2.24) is 0 Å². The van der Waals surface area contributed by atoms with Crippen LogP contribution in [0.2, 0.25) is 0 Å². The van der Waals surface area contributed by atoms with Crippen LogP contribution >= 0.6 is 12.6 Å². The zero-order valence-electron chi connectivity index (χ0n) is 4.66. The summed E-state index contributed by atoms with van der Waals surface area (Å²) in [6.45, 7) is 1.14. The van der Waals surface area contributed by atoms with E-state index >= 15 is 0 Å². The summed E-state index contributed by atoms with van der Waals surface area (Å²) in [4.78, 5) is 9.31. The summed E-state index contributed by atoms with van der Waals surface area (Å²) in [5.41, 5.74) is 0. The van der Waals surface area contributed by atoms with Gasteiger partial charge in [-0.25, -0.2) is 0 Å². The predicted molar refractivity (Wildman–Crippen MR) is 33.8 cm³/mol. The summed E-state index contributed by atoms with van der Waals surface area (Å²) in [6, 6.07) is 0. The van der Waals surface area contributed by atoms with Crippen LogP contribution in [-0.2, 0) is 4.79 Å². The zero-order chi connectivity index (χ0) is 6.99. The first kappa shape index (κ1) is 10.8. The van der Waals surface area contributed by atoms with E-state index in [2.05, 4.69) is 12.6 Å². The Morgan fingerprint density at radius 2 is 1.62 bits per heavy atom. The highest BCUT2D eigenvalue weighted by atomic mass is 32.1. The maximum Gasteiger partial charge on any atom is 0.182 e. The van der Waals surface area contributed by atoms with Crippen LogP contribution in [0.4, 0.5) is 0 Å². The lowest BCUT2D eigenvalue weighted by Gasteiger charge is -1.70. The number of thiol groups is 1. The third-order valence-corrected chi connectivity index (χ3v) is 0.1000. The lowest BCUT2D eigenvalue weighted by atomic mass is 10.8.